The van der Waals surface area contributed by atoms with Crippen LogP contribution in [0.2, 0.25) is 0 Å². The number of halogens is 1. The molecule has 0 aliphatic rings. The van der Waals surface area contributed by atoms with E-state index in [4.69, 9.17) is 4.42 Å². The molecule has 2 rings (SSSR count). The molecule has 0 saturated carbocycles. The van der Waals surface area contributed by atoms with Gasteiger partial charge in [-0.15, -0.1) is 11.3 Å². The van der Waals surface area contributed by atoms with Crippen molar-refractivity contribution in [1.82, 2.24) is 5.32 Å². The molecule has 1 N–H and O–H groups in total. The lowest BCUT2D eigenvalue weighted by Gasteiger charge is -2.10. The zero-order chi connectivity index (χ0) is 12.4. The predicted octanol–water partition coefficient (Wildman–Crippen LogP) is 3.75. The van der Waals surface area contributed by atoms with Gasteiger partial charge < -0.3 is 9.73 Å². The van der Waals surface area contributed by atoms with E-state index in [9.17, 15) is 4.79 Å². The van der Waals surface area contributed by atoms with Crippen LogP contribution in [-0.2, 0) is 0 Å². The Labute approximate surface area is 117 Å². The highest BCUT2D eigenvalue weighted by Crippen LogP contribution is 2.19. The molecule has 0 radical (unpaired) electrons. The predicted molar refractivity (Wildman–Crippen MR) is 76.4 cm³/mol. The van der Waals surface area contributed by atoms with Crippen molar-refractivity contribution in [3.8, 4) is 0 Å². The summed E-state index contributed by atoms with van der Waals surface area (Å²) in [7, 11) is 0. The van der Waals surface area contributed by atoms with Crippen LogP contribution >= 0.6 is 33.9 Å². The molecule has 1 unspecified atom stereocenters. The molecule has 2 heterocycles. The molecular formula is C12H12INO2S. The second-order valence-corrected chi connectivity index (χ2v) is 6.59. The molecule has 2 aromatic rings. The minimum atomic E-state index is -0.117. The van der Waals surface area contributed by atoms with Crippen LogP contribution in [0.3, 0.4) is 0 Å². The Morgan fingerprint density at radius 2 is 2.29 bits per heavy atom. The van der Waals surface area contributed by atoms with E-state index in [1.807, 2.05) is 37.4 Å². The van der Waals surface area contributed by atoms with Crippen molar-refractivity contribution in [3.05, 3.63) is 43.5 Å². The average Bonchev–Trinajstić information content (AvgIpc) is 2.87. The Bertz CT molecular complexity index is 532. The number of rotatable bonds is 3. The highest BCUT2D eigenvalue weighted by Gasteiger charge is 2.14. The Morgan fingerprint density at radius 1 is 1.53 bits per heavy atom. The number of furan rings is 1. The first-order valence-corrected chi connectivity index (χ1v) is 7.13. The van der Waals surface area contributed by atoms with Crippen LogP contribution in [-0.4, -0.2) is 5.91 Å². The van der Waals surface area contributed by atoms with Crippen LogP contribution in [0.1, 0.15) is 34.8 Å². The van der Waals surface area contributed by atoms with Crippen molar-refractivity contribution in [2.24, 2.45) is 0 Å². The van der Waals surface area contributed by atoms with Gasteiger partial charge in [-0.1, -0.05) is 0 Å². The average molecular weight is 361 g/mol. The van der Waals surface area contributed by atoms with E-state index in [0.29, 0.717) is 5.56 Å². The van der Waals surface area contributed by atoms with E-state index >= 15 is 0 Å². The van der Waals surface area contributed by atoms with E-state index in [2.05, 4.69) is 27.9 Å². The molecule has 1 atom stereocenters. The number of nitrogens with one attached hydrogen (secondary N) is 1. The van der Waals surface area contributed by atoms with Gasteiger partial charge in [0.2, 0.25) is 0 Å². The lowest BCUT2D eigenvalue weighted by atomic mass is 10.2. The molecule has 17 heavy (non-hydrogen) atoms. The maximum atomic E-state index is 11.9. The topological polar surface area (TPSA) is 42.2 Å². The van der Waals surface area contributed by atoms with Crippen LogP contribution in [0.4, 0.5) is 0 Å². The van der Waals surface area contributed by atoms with Gasteiger partial charge in [0.15, 0.2) is 0 Å². The van der Waals surface area contributed by atoms with E-state index in [-0.39, 0.29) is 11.9 Å². The quantitative estimate of drug-likeness (QED) is 0.847. The van der Waals surface area contributed by atoms with Gasteiger partial charge in [-0.25, -0.2) is 0 Å². The summed E-state index contributed by atoms with van der Waals surface area (Å²) < 4.78 is 6.58. The first-order valence-electron chi connectivity index (χ1n) is 5.17. The van der Waals surface area contributed by atoms with Crippen LogP contribution in [0.15, 0.2) is 28.0 Å². The number of carbonyl (C=O) groups excluding carboxylic acids is 1. The second kappa shape index (κ2) is 5.22. The van der Waals surface area contributed by atoms with Gasteiger partial charge in [0.05, 0.1) is 14.5 Å². The summed E-state index contributed by atoms with van der Waals surface area (Å²) in [4.78, 5) is 11.9. The number of hydrogen-bond acceptors (Lipinski definition) is 3. The Kier molecular flexibility index (Phi) is 3.88. The van der Waals surface area contributed by atoms with Crippen molar-refractivity contribution in [1.29, 1.82) is 0 Å². The minimum absolute atomic E-state index is 0.0641. The Morgan fingerprint density at radius 3 is 2.82 bits per heavy atom. The maximum absolute atomic E-state index is 11.9. The molecule has 0 aliphatic heterocycles. The third-order valence-corrected chi connectivity index (χ3v) is 4.15. The van der Waals surface area contributed by atoms with Gasteiger partial charge in [-0.3, -0.25) is 4.79 Å². The minimum Gasteiger partial charge on any atom is -0.464 e. The van der Waals surface area contributed by atoms with Crippen LogP contribution in [0, 0.1) is 9.81 Å². The molecule has 0 aliphatic carbocycles. The van der Waals surface area contributed by atoms with Crippen molar-refractivity contribution in [2.75, 3.05) is 0 Å². The van der Waals surface area contributed by atoms with Crippen LogP contribution < -0.4 is 5.32 Å². The SMILES string of the molecule is Cc1ccc(C(C)NC(=O)c2csc(I)c2)o1. The van der Waals surface area contributed by atoms with Gasteiger partial charge in [0, 0.05) is 5.38 Å². The molecular weight excluding hydrogens is 349 g/mol. The number of amides is 1. The Balaban J connectivity index is 2.04. The molecule has 5 heteroatoms. The van der Waals surface area contributed by atoms with Crippen molar-refractivity contribution in [2.45, 2.75) is 19.9 Å². The number of thiophene rings is 1. The zero-order valence-corrected chi connectivity index (χ0v) is 12.5. The molecule has 0 bridgehead atoms. The van der Waals surface area contributed by atoms with Gasteiger partial charge in [0.1, 0.15) is 11.5 Å². The molecule has 1 amide bonds. The summed E-state index contributed by atoms with van der Waals surface area (Å²) in [6.07, 6.45) is 0. The maximum Gasteiger partial charge on any atom is 0.252 e. The lowest BCUT2D eigenvalue weighted by molar-refractivity contribution is 0.0935. The van der Waals surface area contributed by atoms with E-state index in [0.717, 1.165) is 14.4 Å². The van der Waals surface area contributed by atoms with Gasteiger partial charge in [-0.2, -0.15) is 0 Å². The summed E-state index contributed by atoms with van der Waals surface area (Å²) in [5.41, 5.74) is 0.703. The standard InChI is InChI=1S/C12H12INO2S/c1-7-3-4-10(16-7)8(2)14-12(15)9-5-11(13)17-6-9/h3-6,8H,1-2H3,(H,14,15). The third kappa shape index (κ3) is 3.10. The first-order chi connectivity index (χ1) is 8.06. The fourth-order valence-electron chi connectivity index (χ4n) is 1.47. The highest BCUT2D eigenvalue weighted by atomic mass is 127. The van der Waals surface area contributed by atoms with Gasteiger partial charge >= 0.3 is 0 Å². The summed E-state index contributed by atoms with van der Waals surface area (Å²) in [5, 5.41) is 4.77. The molecule has 0 saturated heterocycles. The smallest absolute Gasteiger partial charge is 0.252 e. The fraction of sp³-hybridized carbons (Fsp3) is 0.250. The van der Waals surface area contributed by atoms with Crippen LogP contribution in [0.25, 0.3) is 0 Å². The van der Waals surface area contributed by atoms with Crippen molar-refractivity contribution in [3.63, 3.8) is 0 Å². The van der Waals surface area contributed by atoms with E-state index < -0.39 is 0 Å². The summed E-state index contributed by atoms with van der Waals surface area (Å²) >= 11 is 3.76. The highest BCUT2D eigenvalue weighted by molar-refractivity contribution is 14.1. The van der Waals surface area contributed by atoms with E-state index in [1.54, 1.807) is 11.3 Å². The molecule has 90 valence electrons. The largest absolute Gasteiger partial charge is 0.464 e. The summed E-state index contributed by atoms with van der Waals surface area (Å²) in [6, 6.07) is 5.54. The molecule has 2 aromatic heterocycles. The number of aryl methyl sites for hydroxylation is 1. The monoisotopic (exact) mass is 361 g/mol. The third-order valence-electron chi connectivity index (χ3n) is 2.37. The van der Waals surface area contributed by atoms with Crippen LogP contribution in [0.5, 0.6) is 0 Å². The molecule has 0 fully saturated rings. The van der Waals surface area contributed by atoms with Crippen molar-refractivity contribution < 1.29 is 9.21 Å². The molecule has 0 spiro atoms. The van der Waals surface area contributed by atoms with Gasteiger partial charge in [-0.05, 0) is 54.6 Å². The summed E-state index contributed by atoms with van der Waals surface area (Å²) in [6.45, 7) is 3.80. The fourth-order valence-corrected chi connectivity index (χ4v) is 2.79. The van der Waals surface area contributed by atoms with Crippen molar-refractivity contribution >= 4 is 39.8 Å². The number of carbonyl (C=O) groups is 1. The normalized spacial score (nSPS) is 12.4. The summed E-state index contributed by atoms with van der Waals surface area (Å²) in [5.74, 6) is 1.57. The zero-order valence-electron chi connectivity index (χ0n) is 9.49. The van der Waals surface area contributed by atoms with E-state index in [1.165, 1.54) is 0 Å². The molecule has 3 nitrogen and oxygen atoms in total. The Hall–Kier alpha value is -0.820. The molecule has 0 aromatic carbocycles. The second-order valence-electron chi connectivity index (χ2n) is 3.78. The number of hydrogen-bond donors (Lipinski definition) is 1. The lowest BCUT2D eigenvalue weighted by Crippen LogP contribution is -2.25. The van der Waals surface area contributed by atoms with Gasteiger partial charge in [0.25, 0.3) is 5.91 Å². The first kappa shape index (κ1) is 12.6.